The summed E-state index contributed by atoms with van der Waals surface area (Å²) in [4.78, 5) is 10.9. The number of hydrogen-bond donors (Lipinski definition) is 0. The molecule has 2 rings (SSSR count). The van der Waals surface area contributed by atoms with Crippen LogP contribution >= 0.6 is 15.9 Å². The Morgan fingerprint density at radius 2 is 1.78 bits per heavy atom. The molecule has 18 heavy (non-hydrogen) atoms. The molecule has 0 amide bonds. The van der Waals surface area contributed by atoms with Crippen LogP contribution in [0.3, 0.4) is 0 Å². The Bertz CT molecular complexity index is 549. The van der Waals surface area contributed by atoms with Crippen LogP contribution in [0.1, 0.15) is 15.9 Å². The van der Waals surface area contributed by atoms with Crippen LogP contribution in [0.2, 0.25) is 0 Å². The highest BCUT2D eigenvalue weighted by Crippen LogP contribution is 2.19. The lowest BCUT2D eigenvalue weighted by atomic mass is 10.2. The molecule has 0 aliphatic heterocycles. The first kappa shape index (κ1) is 12.6. The average molecular weight is 306 g/mol. The van der Waals surface area contributed by atoms with Crippen molar-refractivity contribution in [3.63, 3.8) is 0 Å². The van der Waals surface area contributed by atoms with Gasteiger partial charge >= 0.3 is 0 Å². The highest BCUT2D eigenvalue weighted by Gasteiger charge is 2.03. The van der Waals surface area contributed by atoms with E-state index in [0.29, 0.717) is 12.4 Å². The number of aromatic carboxylic acids is 1. The molecule has 0 aliphatic carbocycles. The van der Waals surface area contributed by atoms with Crippen LogP contribution in [0.15, 0.2) is 53.0 Å². The van der Waals surface area contributed by atoms with Crippen molar-refractivity contribution >= 4 is 21.9 Å². The van der Waals surface area contributed by atoms with Gasteiger partial charge < -0.3 is 14.6 Å². The Morgan fingerprint density at radius 1 is 1.11 bits per heavy atom. The molecule has 0 aromatic heterocycles. The molecule has 0 unspecified atom stereocenters. The van der Waals surface area contributed by atoms with Crippen LogP contribution < -0.4 is 9.84 Å². The molecule has 92 valence electrons. The summed E-state index contributed by atoms with van der Waals surface area (Å²) in [5, 5.41) is 10.9. The second-order valence-corrected chi connectivity index (χ2v) is 4.61. The molecule has 0 atom stereocenters. The Morgan fingerprint density at radius 3 is 2.44 bits per heavy atom. The predicted molar refractivity (Wildman–Crippen MR) is 69.2 cm³/mol. The maximum Gasteiger partial charge on any atom is 0.128 e. The fourth-order valence-electron chi connectivity index (χ4n) is 1.50. The Hall–Kier alpha value is -1.81. The zero-order valence-electron chi connectivity index (χ0n) is 9.43. The van der Waals surface area contributed by atoms with Crippen molar-refractivity contribution in [3.05, 3.63) is 64.1 Å². The minimum Gasteiger partial charge on any atom is -0.545 e. The van der Waals surface area contributed by atoms with E-state index < -0.39 is 5.97 Å². The average Bonchev–Trinajstić information content (AvgIpc) is 2.38. The summed E-state index contributed by atoms with van der Waals surface area (Å²) in [6.07, 6.45) is 0. The van der Waals surface area contributed by atoms with Gasteiger partial charge in [0.25, 0.3) is 0 Å². The molecular formula is C14H10BrO3-. The summed E-state index contributed by atoms with van der Waals surface area (Å²) in [6.45, 7) is 0.317. The summed E-state index contributed by atoms with van der Waals surface area (Å²) in [5.74, 6) is -0.915. The lowest BCUT2D eigenvalue weighted by Crippen LogP contribution is -2.23. The fraction of sp³-hybridized carbons (Fsp3) is 0.0714. The molecular weight excluding hydrogens is 296 g/mol. The topological polar surface area (TPSA) is 49.4 Å². The molecule has 0 heterocycles. The van der Waals surface area contributed by atoms with Gasteiger partial charge in [-0.1, -0.05) is 40.2 Å². The van der Waals surface area contributed by atoms with E-state index in [-0.39, 0.29) is 5.56 Å². The summed E-state index contributed by atoms with van der Waals surface area (Å²) < 4.78 is 6.48. The zero-order chi connectivity index (χ0) is 13.0. The molecule has 0 spiro atoms. The molecule has 0 saturated carbocycles. The maximum atomic E-state index is 10.9. The fourth-order valence-corrected chi connectivity index (χ4v) is 1.77. The van der Waals surface area contributed by atoms with Gasteiger partial charge in [0, 0.05) is 10.0 Å². The second kappa shape index (κ2) is 5.69. The lowest BCUT2D eigenvalue weighted by Gasteiger charge is -2.11. The van der Waals surface area contributed by atoms with Crippen molar-refractivity contribution < 1.29 is 14.6 Å². The van der Waals surface area contributed by atoms with Gasteiger partial charge in [0.1, 0.15) is 12.4 Å². The van der Waals surface area contributed by atoms with Crippen LogP contribution in [-0.2, 0) is 6.61 Å². The predicted octanol–water partition coefficient (Wildman–Crippen LogP) is 2.39. The third-order valence-corrected chi connectivity index (χ3v) is 2.94. The van der Waals surface area contributed by atoms with E-state index in [0.717, 1.165) is 10.0 Å². The van der Waals surface area contributed by atoms with Gasteiger partial charge in [0.05, 0.1) is 5.97 Å². The standard InChI is InChI=1S/C14H11BrO3/c15-11-7-5-10(6-8-11)9-18-13-4-2-1-3-12(13)14(16)17/h1-8H,9H2,(H,16,17)/p-1. The van der Waals surface area contributed by atoms with E-state index in [4.69, 9.17) is 4.74 Å². The SMILES string of the molecule is O=C([O-])c1ccccc1OCc1ccc(Br)cc1. The van der Waals surface area contributed by atoms with E-state index in [9.17, 15) is 9.90 Å². The van der Waals surface area contributed by atoms with Gasteiger partial charge in [0.15, 0.2) is 0 Å². The Labute approximate surface area is 113 Å². The zero-order valence-corrected chi connectivity index (χ0v) is 11.0. The van der Waals surface area contributed by atoms with Gasteiger partial charge in [-0.15, -0.1) is 0 Å². The maximum absolute atomic E-state index is 10.9. The lowest BCUT2D eigenvalue weighted by molar-refractivity contribution is -0.255. The number of ether oxygens (including phenoxy) is 1. The van der Waals surface area contributed by atoms with E-state index in [1.807, 2.05) is 24.3 Å². The first-order valence-electron chi connectivity index (χ1n) is 5.34. The van der Waals surface area contributed by atoms with Crippen LogP contribution in [-0.4, -0.2) is 5.97 Å². The van der Waals surface area contributed by atoms with E-state index in [1.54, 1.807) is 18.2 Å². The van der Waals surface area contributed by atoms with E-state index in [1.165, 1.54) is 6.07 Å². The van der Waals surface area contributed by atoms with Crippen molar-refractivity contribution in [2.24, 2.45) is 0 Å². The molecule has 0 fully saturated rings. The van der Waals surface area contributed by atoms with Crippen LogP contribution in [0, 0.1) is 0 Å². The quantitative estimate of drug-likeness (QED) is 0.871. The van der Waals surface area contributed by atoms with Crippen molar-refractivity contribution in [3.8, 4) is 5.75 Å². The molecule has 0 bridgehead atoms. The van der Waals surface area contributed by atoms with Gasteiger partial charge in [-0.05, 0) is 29.8 Å². The van der Waals surface area contributed by atoms with Gasteiger partial charge in [0.2, 0.25) is 0 Å². The van der Waals surface area contributed by atoms with Crippen LogP contribution in [0.4, 0.5) is 0 Å². The first-order valence-corrected chi connectivity index (χ1v) is 6.14. The van der Waals surface area contributed by atoms with E-state index >= 15 is 0 Å². The monoisotopic (exact) mass is 305 g/mol. The second-order valence-electron chi connectivity index (χ2n) is 3.70. The molecule has 3 nitrogen and oxygen atoms in total. The summed E-state index contributed by atoms with van der Waals surface area (Å²) in [7, 11) is 0. The molecule has 2 aromatic carbocycles. The van der Waals surface area contributed by atoms with Crippen molar-refractivity contribution in [2.45, 2.75) is 6.61 Å². The van der Waals surface area contributed by atoms with Crippen LogP contribution in [0.5, 0.6) is 5.75 Å². The van der Waals surface area contributed by atoms with Crippen molar-refractivity contribution in [1.29, 1.82) is 0 Å². The normalized spacial score (nSPS) is 10.1. The third kappa shape index (κ3) is 3.11. The summed E-state index contributed by atoms with van der Waals surface area (Å²) in [5.41, 5.74) is 1.03. The summed E-state index contributed by atoms with van der Waals surface area (Å²) >= 11 is 3.35. The molecule has 0 saturated heterocycles. The molecule has 0 N–H and O–H groups in total. The Kier molecular flexibility index (Phi) is 3.99. The van der Waals surface area contributed by atoms with Gasteiger partial charge in [-0.2, -0.15) is 0 Å². The third-order valence-electron chi connectivity index (χ3n) is 2.41. The van der Waals surface area contributed by atoms with Gasteiger partial charge in [-0.3, -0.25) is 0 Å². The first-order chi connectivity index (χ1) is 8.66. The molecule has 0 radical (unpaired) electrons. The van der Waals surface area contributed by atoms with Gasteiger partial charge in [-0.25, -0.2) is 0 Å². The number of halogens is 1. The van der Waals surface area contributed by atoms with Crippen LogP contribution in [0.25, 0.3) is 0 Å². The molecule has 2 aromatic rings. The number of rotatable bonds is 4. The number of carbonyl (C=O) groups excluding carboxylic acids is 1. The number of carboxylic acids is 1. The Balaban J connectivity index is 2.10. The minimum atomic E-state index is -1.23. The smallest absolute Gasteiger partial charge is 0.128 e. The summed E-state index contributed by atoms with van der Waals surface area (Å²) in [6, 6.07) is 14.1. The highest BCUT2D eigenvalue weighted by atomic mass is 79.9. The van der Waals surface area contributed by atoms with E-state index in [2.05, 4.69) is 15.9 Å². The number of hydrogen-bond acceptors (Lipinski definition) is 3. The number of benzene rings is 2. The number of para-hydroxylation sites is 1. The van der Waals surface area contributed by atoms with Crippen molar-refractivity contribution in [1.82, 2.24) is 0 Å². The number of carboxylic acid groups (broad SMARTS) is 1. The molecule has 4 heteroatoms. The van der Waals surface area contributed by atoms with Crippen molar-refractivity contribution in [2.75, 3.05) is 0 Å². The minimum absolute atomic E-state index is 0.0645. The largest absolute Gasteiger partial charge is 0.545 e. The molecule has 0 aliphatic rings. The number of carbonyl (C=O) groups is 1. The highest BCUT2D eigenvalue weighted by molar-refractivity contribution is 9.10.